The molecular weight excluding hydrogens is 308 g/mol. The monoisotopic (exact) mass is 332 g/mol. The highest BCUT2D eigenvalue weighted by atomic mass is 32.2. The van der Waals surface area contributed by atoms with Crippen LogP contribution < -0.4 is 4.72 Å². The Bertz CT molecular complexity index is 536. The highest BCUT2D eigenvalue weighted by molar-refractivity contribution is 7.91. The Kier molecular flexibility index (Phi) is 6.19. The maximum absolute atomic E-state index is 12.2. The molecule has 1 atom stereocenters. The first kappa shape index (κ1) is 16.9. The van der Waals surface area contributed by atoms with Gasteiger partial charge in [0.05, 0.1) is 0 Å². The minimum Gasteiger partial charge on any atom is -0.396 e. The zero-order valence-corrected chi connectivity index (χ0v) is 14.0. The highest BCUT2D eigenvalue weighted by Crippen LogP contribution is 2.22. The summed E-state index contributed by atoms with van der Waals surface area (Å²) >= 11 is 1.23. The zero-order chi connectivity index (χ0) is 15.3. The lowest BCUT2D eigenvalue weighted by Gasteiger charge is -2.20. The first-order valence-electron chi connectivity index (χ1n) is 7.43. The van der Waals surface area contributed by atoms with Crippen LogP contribution in [0.2, 0.25) is 0 Å². The van der Waals surface area contributed by atoms with Gasteiger partial charge in [-0.1, -0.05) is 6.92 Å². The van der Waals surface area contributed by atoms with Crippen LogP contribution in [0.1, 0.15) is 24.6 Å². The molecule has 2 rings (SSSR count). The summed E-state index contributed by atoms with van der Waals surface area (Å²) in [6, 6.07) is 3.38. The Morgan fingerprint density at radius 3 is 2.76 bits per heavy atom. The Hall–Kier alpha value is -0.470. The number of nitrogens with one attached hydrogen (secondary N) is 1. The number of hydrogen-bond acceptors (Lipinski definition) is 5. The summed E-state index contributed by atoms with van der Waals surface area (Å²) in [7, 11) is -3.42. The van der Waals surface area contributed by atoms with Crippen molar-refractivity contribution in [2.24, 2.45) is 5.92 Å². The van der Waals surface area contributed by atoms with E-state index in [1.54, 1.807) is 12.1 Å². The van der Waals surface area contributed by atoms with Gasteiger partial charge in [0.25, 0.3) is 0 Å². The van der Waals surface area contributed by atoms with E-state index in [4.69, 9.17) is 5.11 Å². The summed E-state index contributed by atoms with van der Waals surface area (Å²) in [4.78, 5) is 3.28. The summed E-state index contributed by atoms with van der Waals surface area (Å²) in [5.41, 5.74) is 0. The van der Waals surface area contributed by atoms with Gasteiger partial charge in [-0.15, -0.1) is 11.3 Å². The fourth-order valence-corrected chi connectivity index (χ4v) is 5.09. The number of hydrogen-bond donors (Lipinski definition) is 2. The molecule has 1 aromatic rings. The largest absolute Gasteiger partial charge is 0.396 e. The van der Waals surface area contributed by atoms with E-state index in [2.05, 4.69) is 16.5 Å². The summed E-state index contributed by atoms with van der Waals surface area (Å²) in [6.45, 7) is 5.79. The van der Waals surface area contributed by atoms with Crippen LogP contribution in [-0.2, 0) is 16.4 Å². The zero-order valence-electron chi connectivity index (χ0n) is 12.4. The number of likely N-dealkylation sites (tertiary alicyclic amines) is 1. The average molecular weight is 332 g/mol. The van der Waals surface area contributed by atoms with Crippen LogP contribution in [-0.4, -0.2) is 51.2 Å². The number of aliphatic hydroxyl groups excluding tert-OH is 1. The second-order valence-corrected chi connectivity index (χ2v) is 8.82. The molecule has 120 valence electrons. The van der Waals surface area contributed by atoms with Gasteiger partial charge in [-0.2, -0.15) is 0 Å². The predicted molar refractivity (Wildman–Crippen MR) is 85.1 cm³/mol. The van der Waals surface area contributed by atoms with Gasteiger partial charge in [-0.05, 0) is 44.0 Å². The SMILES string of the molecule is CC(CNS(=O)(=O)c1ccc(CCO)s1)CN1CCCC1. The van der Waals surface area contributed by atoms with Crippen molar-refractivity contribution < 1.29 is 13.5 Å². The molecule has 0 amide bonds. The maximum atomic E-state index is 12.2. The lowest BCUT2D eigenvalue weighted by atomic mass is 10.2. The molecule has 5 nitrogen and oxygen atoms in total. The van der Waals surface area contributed by atoms with E-state index in [9.17, 15) is 8.42 Å². The number of thiophene rings is 1. The van der Waals surface area contributed by atoms with Gasteiger partial charge in [-0.3, -0.25) is 0 Å². The Balaban J connectivity index is 1.84. The topological polar surface area (TPSA) is 69.6 Å². The third kappa shape index (κ3) is 5.03. The second-order valence-electron chi connectivity index (χ2n) is 5.66. The second kappa shape index (κ2) is 7.69. The fourth-order valence-electron chi connectivity index (χ4n) is 2.54. The van der Waals surface area contributed by atoms with Crippen molar-refractivity contribution in [3.05, 3.63) is 17.0 Å². The van der Waals surface area contributed by atoms with E-state index >= 15 is 0 Å². The molecule has 1 aliphatic rings. The van der Waals surface area contributed by atoms with E-state index in [1.807, 2.05) is 0 Å². The van der Waals surface area contributed by atoms with Crippen LogP contribution >= 0.6 is 11.3 Å². The average Bonchev–Trinajstić information content (AvgIpc) is 3.09. The third-order valence-corrected chi connectivity index (χ3v) is 6.71. The normalized spacial score (nSPS) is 18.2. The fraction of sp³-hybridized carbons (Fsp3) is 0.714. The van der Waals surface area contributed by atoms with Crippen molar-refractivity contribution in [3.8, 4) is 0 Å². The van der Waals surface area contributed by atoms with Gasteiger partial charge in [-0.25, -0.2) is 13.1 Å². The molecule has 1 fully saturated rings. The first-order valence-corrected chi connectivity index (χ1v) is 9.73. The molecule has 2 heterocycles. The Labute approximate surface area is 131 Å². The molecule has 0 spiro atoms. The Morgan fingerprint density at radius 2 is 2.10 bits per heavy atom. The van der Waals surface area contributed by atoms with E-state index in [0.717, 1.165) is 24.5 Å². The quantitative estimate of drug-likeness (QED) is 0.753. The predicted octanol–water partition coefficient (Wildman–Crippen LogP) is 1.29. The molecule has 2 N–H and O–H groups in total. The minimum absolute atomic E-state index is 0.0420. The van der Waals surface area contributed by atoms with E-state index in [1.165, 1.54) is 24.2 Å². The van der Waals surface area contributed by atoms with Crippen molar-refractivity contribution >= 4 is 21.4 Å². The van der Waals surface area contributed by atoms with Crippen LogP contribution in [0.4, 0.5) is 0 Å². The molecule has 0 saturated carbocycles. The molecule has 1 aliphatic heterocycles. The van der Waals surface area contributed by atoms with Gasteiger partial charge in [0.2, 0.25) is 10.0 Å². The van der Waals surface area contributed by atoms with Crippen molar-refractivity contribution in [2.75, 3.05) is 32.8 Å². The molecular formula is C14H24N2O3S2. The van der Waals surface area contributed by atoms with E-state index in [0.29, 0.717) is 23.1 Å². The summed E-state index contributed by atoms with van der Waals surface area (Å²) in [5.74, 6) is 0.301. The van der Waals surface area contributed by atoms with Crippen LogP contribution in [0.25, 0.3) is 0 Å². The summed E-state index contributed by atoms with van der Waals surface area (Å²) < 4.78 is 27.5. The minimum atomic E-state index is -3.42. The van der Waals surface area contributed by atoms with Crippen molar-refractivity contribution in [1.82, 2.24) is 9.62 Å². The van der Waals surface area contributed by atoms with Gasteiger partial charge in [0.1, 0.15) is 4.21 Å². The maximum Gasteiger partial charge on any atom is 0.250 e. The molecule has 1 aromatic heterocycles. The summed E-state index contributed by atoms with van der Waals surface area (Å²) in [5, 5.41) is 8.88. The first-order chi connectivity index (χ1) is 10.0. The molecule has 1 saturated heterocycles. The van der Waals surface area contributed by atoms with Crippen molar-refractivity contribution in [2.45, 2.75) is 30.4 Å². The molecule has 7 heteroatoms. The van der Waals surface area contributed by atoms with Crippen LogP contribution in [0.3, 0.4) is 0 Å². The third-order valence-electron chi connectivity index (χ3n) is 3.65. The number of nitrogens with zero attached hydrogens (tertiary/aromatic N) is 1. The smallest absolute Gasteiger partial charge is 0.250 e. The van der Waals surface area contributed by atoms with Crippen molar-refractivity contribution in [1.29, 1.82) is 0 Å². The Morgan fingerprint density at radius 1 is 1.38 bits per heavy atom. The van der Waals surface area contributed by atoms with Gasteiger partial charge in [0.15, 0.2) is 0 Å². The summed E-state index contributed by atoms with van der Waals surface area (Å²) in [6.07, 6.45) is 3.01. The van der Waals surface area contributed by atoms with Crippen LogP contribution in [0, 0.1) is 5.92 Å². The van der Waals surface area contributed by atoms with Gasteiger partial charge in [0, 0.05) is 31.0 Å². The molecule has 0 radical (unpaired) electrons. The van der Waals surface area contributed by atoms with Gasteiger partial charge >= 0.3 is 0 Å². The number of sulfonamides is 1. The molecule has 21 heavy (non-hydrogen) atoms. The number of aliphatic hydroxyl groups is 1. The highest BCUT2D eigenvalue weighted by Gasteiger charge is 2.19. The van der Waals surface area contributed by atoms with E-state index in [-0.39, 0.29) is 6.61 Å². The lowest BCUT2D eigenvalue weighted by molar-refractivity contribution is 0.288. The molecule has 0 bridgehead atoms. The van der Waals surface area contributed by atoms with Crippen LogP contribution in [0.15, 0.2) is 16.3 Å². The lowest BCUT2D eigenvalue weighted by Crippen LogP contribution is -2.34. The van der Waals surface area contributed by atoms with E-state index < -0.39 is 10.0 Å². The molecule has 0 aliphatic carbocycles. The molecule has 1 unspecified atom stereocenters. The molecule has 0 aromatic carbocycles. The van der Waals surface area contributed by atoms with Gasteiger partial charge < -0.3 is 10.0 Å². The number of rotatable bonds is 8. The van der Waals surface area contributed by atoms with Crippen molar-refractivity contribution in [3.63, 3.8) is 0 Å². The standard InChI is InChI=1S/C14H24N2O3S2/c1-12(11-16-7-2-3-8-16)10-15-21(18,19)14-5-4-13(20-14)6-9-17/h4-5,12,15,17H,2-3,6-11H2,1H3. The van der Waals surface area contributed by atoms with Crippen LogP contribution in [0.5, 0.6) is 0 Å².